The zero-order valence-corrected chi connectivity index (χ0v) is 15.5. The largest absolute Gasteiger partial charge is 0.425 e. The third-order valence-corrected chi connectivity index (χ3v) is 4.73. The van der Waals surface area contributed by atoms with E-state index in [1.165, 1.54) is 77.0 Å². The van der Waals surface area contributed by atoms with Crippen LogP contribution >= 0.6 is 0 Å². The van der Waals surface area contributed by atoms with Crippen LogP contribution in [-0.2, 0) is 9.53 Å². The van der Waals surface area contributed by atoms with E-state index in [9.17, 15) is 9.90 Å². The maximum absolute atomic E-state index is 11.4. The van der Waals surface area contributed by atoms with Crippen molar-refractivity contribution in [2.75, 3.05) is 0 Å². The summed E-state index contributed by atoms with van der Waals surface area (Å²) >= 11 is 0. The Morgan fingerprint density at radius 3 is 1.79 bits per heavy atom. The number of ether oxygens (including phenoxy) is 1. The van der Waals surface area contributed by atoms with Crippen molar-refractivity contribution in [3.8, 4) is 0 Å². The van der Waals surface area contributed by atoms with Crippen molar-refractivity contribution in [1.82, 2.24) is 0 Å². The van der Waals surface area contributed by atoms with Gasteiger partial charge in [0.2, 0.25) is 0 Å². The molecule has 3 heteroatoms. The van der Waals surface area contributed by atoms with E-state index in [1.807, 2.05) is 6.08 Å². The monoisotopic (exact) mass is 336 g/mol. The Balaban J connectivity index is 1.87. The molecule has 0 amide bonds. The van der Waals surface area contributed by atoms with Gasteiger partial charge < -0.3 is 9.84 Å². The van der Waals surface area contributed by atoms with E-state index in [4.69, 9.17) is 4.74 Å². The van der Waals surface area contributed by atoms with E-state index in [-0.39, 0.29) is 5.76 Å². The standard InChI is InChI=1S/C21H36O3/c1-3-4-5-6-7-8-9-10-11-12-13-14-15-16-17-19-20(22)18(2)24-21(19)23/h17,20,22H,2-16H2,1H3/b19-17-. The van der Waals surface area contributed by atoms with E-state index in [2.05, 4.69) is 13.5 Å². The van der Waals surface area contributed by atoms with Crippen LogP contribution in [0, 0.1) is 0 Å². The number of unbranched alkanes of at least 4 members (excludes halogenated alkanes) is 13. The molecule has 0 spiro atoms. The van der Waals surface area contributed by atoms with Crippen molar-refractivity contribution in [3.05, 3.63) is 24.0 Å². The van der Waals surface area contributed by atoms with Crippen LogP contribution in [0.25, 0.3) is 0 Å². The molecular weight excluding hydrogens is 300 g/mol. The fourth-order valence-corrected chi connectivity index (χ4v) is 3.13. The molecule has 1 N–H and O–H groups in total. The molecule has 24 heavy (non-hydrogen) atoms. The highest BCUT2D eigenvalue weighted by Crippen LogP contribution is 2.23. The average molecular weight is 337 g/mol. The minimum Gasteiger partial charge on any atom is -0.425 e. The van der Waals surface area contributed by atoms with Gasteiger partial charge in [0.25, 0.3) is 0 Å². The predicted octanol–water partition coefficient (Wildman–Crippen LogP) is 5.83. The summed E-state index contributed by atoms with van der Waals surface area (Å²) in [7, 11) is 0. The number of rotatable bonds is 14. The second-order valence-electron chi connectivity index (χ2n) is 6.95. The van der Waals surface area contributed by atoms with Crippen molar-refractivity contribution >= 4 is 5.97 Å². The van der Waals surface area contributed by atoms with Gasteiger partial charge >= 0.3 is 5.97 Å². The van der Waals surface area contributed by atoms with Crippen LogP contribution in [0.2, 0.25) is 0 Å². The van der Waals surface area contributed by atoms with Gasteiger partial charge in [-0.15, -0.1) is 0 Å². The zero-order valence-electron chi connectivity index (χ0n) is 15.5. The Morgan fingerprint density at radius 1 is 0.917 bits per heavy atom. The Morgan fingerprint density at radius 2 is 1.38 bits per heavy atom. The molecule has 1 heterocycles. The number of hydrogen-bond donors (Lipinski definition) is 1. The molecule has 0 aromatic carbocycles. The van der Waals surface area contributed by atoms with Crippen LogP contribution in [0.4, 0.5) is 0 Å². The third kappa shape index (κ3) is 8.68. The molecule has 1 saturated heterocycles. The van der Waals surface area contributed by atoms with Gasteiger partial charge in [-0.2, -0.15) is 0 Å². The first-order chi connectivity index (χ1) is 11.7. The van der Waals surface area contributed by atoms with Crippen molar-refractivity contribution in [3.63, 3.8) is 0 Å². The van der Waals surface area contributed by atoms with Gasteiger partial charge in [-0.25, -0.2) is 4.79 Å². The molecule has 3 nitrogen and oxygen atoms in total. The van der Waals surface area contributed by atoms with Crippen LogP contribution in [0.5, 0.6) is 0 Å². The summed E-state index contributed by atoms with van der Waals surface area (Å²) in [6, 6.07) is 0. The molecule has 1 aliphatic rings. The quantitative estimate of drug-likeness (QED) is 0.247. The lowest BCUT2D eigenvalue weighted by Crippen LogP contribution is -2.07. The number of cyclic esters (lactones) is 1. The molecule has 1 atom stereocenters. The predicted molar refractivity (Wildman–Crippen MR) is 99.6 cm³/mol. The molecule has 0 saturated carbocycles. The van der Waals surface area contributed by atoms with Crippen molar-refractivity contribution in [1.29, 1.82) is 0 Å². The van der Waals surface area contributed by atoms with Gasteiger partial charge in [-0.1, -0.05) is 96.6 Å². The minimum atomic E-state index is -0.931. The second-order valence-corrected chi connectivity index (χ2v) is 6.95. The van der Waals surface area contributed by atoms with Gasteiger partial charge in [0.05, 0.1) is 5.57 Å². The Bertz CT molecular complexity index is 398. The van der Waals surface area contributed by atoms with Crippen molar-refractivity contribution in [2.45, 2.75) is 103 Å². The number of allylic oxidation sites excluding steroid dienone is 1. The molecule has 1 aliphatic heterocycles. The smallest absolute Gasteiger partial charge is 0.341 e. The van der Waals surface area contributed by atoms with E-state index >= 15 is 0 Å². The fourth-order valence-electron chi connectivity index (χ4n) is 3.13. The average Bonchev–Trinajstić information content (AvgIpc) is 2.81. The van der Waals surface area contributed by atoms with Crippen LogP contribution in [0.15, 0.2) is 24.0 Å². The Hall–Kier alpha value is -1.09. The van der Waals surface area contributed by atoms with E-state index in [1.54, 1.807) is 0 Å². The van der Waals surface area contributed by atoms with E-state index in [0.29, 0.717) is 5.57 Å². The van der Waals surface area contributed by atoms with Crippen LogP contribution in [0.1, 0.15) is 96.8 Å². The normalized spacial score (nSPS) is 19.2. The summed E-state index contributed by atoms with van der Waals surface area (Å²) in [5, 5.41) is 9.72. The highest BCUT2D eigenvalue weighted by Gasteiger charge is 2.32. The summed E-state index contributed by atoms with van der Waals surface area (Å²) in [6.07, 6.45) is 19.0. The number of carbonyl (C=O) groups is 1. The SMILES string of the molecule is C=C1OC(=O)/C(=C\CCCCCCCCCCCCCCC)C1O. The first-order valence-electron chi connectivity index (χ1n) is 9.96. The van der Waals surface area contributed by atoms with Gasteiger partial charge in [0, 0.05) is 0 Å². The molecule has 138 valence electrons. The number of carbonyl (C=O) groups excluding carboxylic acids is 1. The van der Waals surface area contributed by atoms with E-state index < -0.39 is 12.1 Å². The van der Waals surface area contributed by atoms with Crippen molar-refractivity contribution in [2.24, 2.45) is 0 Å². The number of hydrogen-bond acceptors (Lipinski definition) is 3. The molecule has 1 unspecified atom stereocenters. The lowest BCUT2D eigenvalue weighted by molar-refractivity contribution is -0.132. The first-order valence-corrected chi connectivity index (χ1v) is 9.96. The van der Waals surface area contributed by atoms with Gasteiger partial charge in [0.15, 0.2) is 0 Å². The maximum Gasteiger partial charge on any atom is 0.341 e. The summed E-state index contributed by atoms with van der Waals surface area (Å²) in [5.74, 6) is -0.293. The molecule has 0 bridgehead atoms. The molecule has 0 radical (unpaired) electrons. The fraction of sp³-hybridized carbons (Fsp3) is 0.762. The summed E-state index contributed by atoms with van der Waals surface area (Å²) in [5.41, 5.74) is 0.360. The third-order valence-electron chi connectivity index (χ3n) is 4.73. The van der Waals surface area contributed by atoms with Gasteiger partial charge in [0.1, 0.15) is 11.9 Å². The highest BCUT2D eigenvalue weighted by atomic mass is 16.6. The zero-order chi connectivity index (χ0) is 17.6. The van der Waals surface area contributed by atoms with Crippen LogP contribution < -0.4 is 0 Å². The van der Waals surface area contributed by atoms with Crippen molar-refractivity contribution < 1.29 is 14.6 Å². The molecule has 1 rings (SSSR count). The first kappa shape index (κ1) is 21.0. The number of esters is 1. The Kier molecular flexibility index (Phi) is 11.5. The van der Waals surface area contributed by atoms with Gasteiger partial charge in [-0.3, -0.25) is 0 Å². The number of aliphatic hydroxyl groups is 1. The number of aliphatic hydroxyl groups excluding tert-OH is 1. The summed E-state index contributed by atoms with van der Waals surface area (Å²) in [4.78, 5) is 11.4. The molecular formula is C21H36O3. The maximum atomic E-state index is 11.4. The molecule has 0 aromatic heterocycles. The lowest BCUT2D eigenvalue weighted by atomic mass is 10.0. The Labute approximate surface area is 148 Å². The topological polar surface area (TPSA) is 46.5 Å². The highest BCUT2D eigenvalue weighted by molar-refractivity contribution is 5.93. The van der Waals surface area contributed by atoms with E-state index in [0.717, 1.165) is 12.8 Å². The van der Waals surface area contributed by atoms with Gasteiger partial charge in [-0.05, 0) is 12.8 Å². The minimum absolute atomic E-state index is 0.150. The summed E-state index contributed by atoms with van der Waals surface area (Å²) < 4.78 is 4.80. The molecule has 0 aliphatic carbocycles. The van der Waals surface area contributed by atoms with Crippen LogP contribution in [0.3, 0.4) is 0 Å². The molecule has 0 aromatic rings. The lowest BCUT2D eigenvalue weighted by Gasteiger charge is -2.03. The molecule has 1 fully saturated rings. The van der Waals surface area contributed by atoms with Crippen LogP contribution in [-0.4, -0.2) is 17.2 Å². The second kappa shape index (κ2) is 13.2. The summed E-state index contributed by atoms with van der Waals surface area (Å²) in [6.45, 7) is 5.78.